The second kappa shape index (κ2) is 4.49. The highest BCUT2D eigenvalue weighted by Gasteiger charge is 2.22. The monoisotopic (exact) mass is 262 g/mol. The molecule has 0 aliphatic heterocycles. The largest absolute Gasteiger partial charge is 0.293 e. The zero-order valence-corrected chi connectivity index (χ0v) is 11.8. The molecule has 102 valence electrons. The molecule has 0 aromatic carbocycles. The SMILES string of the molecule is Cc1cc(-c2nc(NC(=O)C(C)(C)C)n[nH]2)n(C)n1. The molecule has 0 saturated carbocycles. The van der Waals surface area contributed by atoms with Gasteiger partial charge in [0, 0.05) is 12.5 Å². The molecule has 2 aromatic heterocycles. The molecule has 2 heterocycles. The number of rotatable bonds is 2. The minimum atomic E-state index is -0.482. The normalized spacial score (nSPS) is 11.6. The average molecular weight is 262 g/mol. The predicted octanol–water partition coefficient (Wildman–Crippen LogP) is 1.50. The average Bonchev–Trinajstić information content (AvgIpc) is 2.84. The number of carbonyl (C=O) groups is 1. The van der Waals surface area contributed by atoms with Gasteiger partial charge in [-0.2, -0.15) is 10.1 Å². The summed E-state index contributed by atoms with van der Waals surface area (Å²) in [4.78, 5) is 16.1. The second-order valence-electron chi connectivity index (χ2n) is 5.51. The zero-order valence-electron chi connectivity index (χ0n) is 11.8. The third-order valence-electron chi connectivity index (χ3n) is 2.64. The predicted molar refractivity (Wildman–Crippen MR) is 71.4 cm³/mol. The first kappa shape index (κ1) is 13.3. The van der Waals surface area contributed by atoms with E-state index in [1.165, 1.54) is 0 Å². The molecule has 0 aliphatic rings. The van der Waals surface area contributed by atoms with Crippen molar-refractivity contribution < 1.29 is 4.79 Å². The van der Waals surface area contributed by atoms with Gasteiger partial charge in [0.25, 0.3) is 0 Å². The van der Waals surface area contributed by atoms with Crippen LogP contribution in [0.4, 0.5) is 5.95 Å². The van der Waals surface area contributed by atoms with Crippen molar-refractivity contribution in [3.63, 3.8) is 0 Å². The summed E-state index contributed by atoms with van der Waals surface area (Å²) >= 11 is 0. The van der Waals surface area contributed by atoms with E-state index in [0.717, 1.165) is 11.4 Å². The molecule has 0 unspecified atom stereocenters. The van der Waals surface area contributed by atoms with Crippen LogP contribution in [-0.4, -0.2) is 30.9 Å². The number of aromatic amines is 1. The van der Waals surface area contributed by atoms with Crippen molar-refractivity contribution in [1.29, 1.82) is 0 Å². The number of hydrogen-bond donors (Lipinski definition) is 2. The van der Waals surface area contributed by atoms with Crippen molar-refractivity contribution in [1.82, 2.24) is 25.0 Å². The maximum absolute atomic E-state index is 11.8. The molecule has 0 atom stereocenters. The fraction of sp³-hybridized carbons (Fsp3) is 0.500. The Morgan fingerprint density at radius 1 is 1.42 bits per heavy atom. The van der Waals surface area contributed by atoms with Gasteiger partial charge in [0.15, 0.2) is 5.82 Å². The van der Waals surface area contributed by atoms with Gasteiger partial charge >= 0.3 is 0 Å². The molecule has 1 amide bonds. The van der Waals surface area contributed by atoms with Crippen LogP contribution >= 0.6 is 0 Å². The number of hydrogen-bond acceptors (Lipinski definition) is 4. The van der Waals surface area contributed by atoms with Gasteiger partial charge in [-0.15, -0.1) is 5.10 Å². The lowest BCUT2D eigenvalue weighted by molar-refractivity contribution is -0.123. The van der Waals surface area contributed by atoms with Gasteiger partial charge in [0.05, 0.1) is 5.69 Å². The van der Waals surface area contributed by atoms with Crippen molar-refractivity contribution in [2.24, 2.45) is 12.5 Å². The van der Waals surface area contributed by atoms with Gasteiger partial charge in [0.1, 0.15) is 5.69 Å². The molecule has 0 bridgehead atoms. The van der Waals surface area contributed by atoms with Crippen molar-refractivity contribution in [3.8, 4) is 11.5 Å². The van der Waals surface area contributed by atoms with E-state index in [0.29, 0.717) is 5.82 Å². The number of nitrogens with zero attached hydrogens (tertiary/aromatic N) is 4. The number of aromatic nitrogens is 5. The molecule has 0 fully saturated rings. The molecule has 2 N–H and O–H groups in total. The highest BCUT2D eigenvalue weighted by atomic mass is 16.2. The Morgan fingerprint density at radius 3 is 2.63 bits per heavy atom. The van der Waals surface area contributed by atoms with Gasteiger partial charge in [-0.05, 0) is 13.0 Å². The van der Waals surface area contributed by atoms with Crippen molar-refractivity contribution in [3.05, 3.63) is 11.8 Å². The van der Waals surface area contributed by atoms with Crippen LogP contribution in [0, 0.1) is 12.3 Å². The highest BCUT2D eigenvalue weighted by Crippen LogP contribution is 2.18. The summed E-state index contributed by atoms with van der Waals surface area (Å²) in [7, 11) is 1.83. The maximum atomic E-state index is 11.8. The topological polar surface area (TPSA) is 88.5 Å². The van der Waals surface area contributed by atoms with E-state index in [2.05, 4.69) is 25.6 Å². The first-order valence-corrected chi connectivity index (χ1v) is 6.02. The van der Waals surface area contributed by atoms with E-state index < -0.39 is 5.41 Å². The molecule has 19 heavy (non-hydrogen) atoms. The molecule has 0 aliphatic carbocycles. The minimum absolute atomic E-state index is 0.126. The van der Waals surface area contributed by atoms with Gasteiger partial charge in [-0.1, -0.05) is 20.8 Å². The van der Waals surface area contributed by atoms with E-state index in [1.54, 1.807) is 4.68 Å². The lowest BCUT2D eigenvalue weighted by Gasteiger charge is -2.15. The molecule has 7 nitrogen and oxygen atoms in total. The van der Waals surface area contributed by atoms with Gasteiger partial charge < -0.3 is 0 Å². The molecule has 2 aromatic rings. The summed E-state index contributed by atoms with van der Waals surface area (Å²) in [5.41, 5.74) is 1.24. The van der Waals surface area contributed by atoms with Crippen LogP contribution in [-0.2, 0) is 11.8 Å². The van der Waals surface area contributed by atoms with Crippen molar-refractivity contribution >= 4 is 11.9 Å². The fourth-order valence-electron chi connectivity index (χ4n) is 1.55. The molecule has 0 radical (unpaired) electrons. The summed E-state index contributed by atoms with van der Waals surface area (Å²) in [6.07, 6.45) is 0. The lowest BCUT2D eigenvalue weighted by atomic mass is 9.96. The Balaban J connectivity index is 2.20. The third-order valence-corrected chi connectivity index (χ3v) is 2.64. The molecule has 0 spiro atoms. The van der Waals surface area contributed by atoms with Crippen LogP contribution < -0.4 is 5.32 Å². The molecular weight excluding hydrogens is 244 g/mol. The molecule has 2 rings (SSSR count). The van der Waals surface area contributed by atoms with Crippen LogP contribution in [0.1, 0.15) is 26.5 Å². The second-order valence-corrected chi connectivity index (χ2v) is 5.51. The van der Waals surface area contributed by atoms with Crippen LogP contribution in [0.15, 0.2) is 6.07 Å². The van der Waals surface area contributed by atoms with Crippen LogP contribution in [0.25, 0.3) is 11.5 Å². The molecule has 7 heteroatoms. The van der Waals surface area contributed by atoms with Crippen molar-refractivity contribution in [2.75, 3.05) is 5.32 Å². The van der Waals surface area contributed by atoms with E-state index in [9.17, 15) is 4.79 Å². The number of anilines is 1. The smallest absolute Gasteiger partial charge is 0.249 e. The maximum Gasteiger partial charge on any atom is 0.249 e. The summed E-state index contributed by atoms with van der Waals surface area (Å²) in [5, 5.41) is 13.7. The summed E-state index contributed by atoms with van der Waals surface area (Å²) in [5.74, 6) is 0.723. The summed E-state index contributed by atoms with van der Waals surface area (Å²) in [6, 6.07) is 1.90. The van der Waals surface area contributed by atoms with Gasteiger partial charge in [-0.25, -0.2) is 0 Å². The Kier molecular flexibility index (Phi) is 3.13. The van der Waals surface area contributed by atoms with Crippen LogP contribution in [0.2, 0.25) is 0 Å². The van der Waals surface area contributed by atoms with E-state index >= 15 is 0 Å². The zero-order chi connectivity index (χ0) is 14.2. The number of amides is 1. The Labute approximate surface area is 111 Å². The Hall–Kier alpha value is -2.18. The summed E-state index contributed by atoms with van der Waals surface area (Å²) < 4.78 is 1.71. The Bertz CT molecular complexity index is 604. The number of H-pyrrole nitrogens is 1. The van der Waals surface area contributed by atoms with Crippen molar-refractivity contribution in [2.45, 2.75) is 27.7 Å². The number of nitrogens with one attached hydrogen (secondary N) is 2. The number of carbonyl (C=O) groups excluding carboxylic acids is 1. The van der Waals surface area contributed by atoms with E-state index in [1.807, 2.05) is 40.8 Å². The first-order chi connectivity index (χ1) is 8.77. The van der Waals surface area contributed by atoms with Gasteiger partial charge in [-0.3, -0.25) is 19.9 Å². The standard InChI is InChI=1S/C12H18N6O/c1-7-6-8(18(5)17-7)9-13-11(16-15-9)14-10(19)12(2,3)4/h6H,1-5H3,(H2,13,14,15,16,19). The van der Waals surface area contributed by atoms with Crippen LogP contribution in [0.3, 0.4) is 0 Å². The molecular formula is C12H18N6O. The quantitative estimate of drug-likeness (QED) is 0.858. The fourth-order valence-corrected chi connectivity index (χ4v) is 1.55. The first-order valence-electron chi connectivity index (χ1n) is 6.02. The van der Waals surface area contributed by atoms with Crippen LogP contribution in [0.5, 0.6) is 0 Å². The highest BCUT2D eigenvalue weighted by molar-refractivity contribution is 5.93. The third kappa shape index (κ3) is 2.81. The summed E-state index contributed by atoms with van der Waals surface area (Å²) in [6.45, 7) is 7.41. The molecule has 0 saturated heterocycles. The number of aryl methyl sites for hydroxylation is 2. The lowest BCUT2D eigenvalue weighted by Crippen LogP contribution is -2.28. The minimum Gasteiger partial charge on any atom is -0.293 e. The van der Waals surface area contributed by atoms with Gasteiger partial charge in [0.2, 0.25) is 11.9 Å². The van der Waals surface area contributed by atoms with E-state index in [-0.39, 0.29) is 11.9 Å². The van der Waals surface area contributed by atoms with E-state index in [4.69, 9.17) is 0 Å². The Morgan fingerprint density at radius 2 is 2.11 bits per heavy atom.